The van der Waals surface area contributed by atoms with E-state index < -0.39 is 15.9 Å². The molecule has 10 heteroatoms. The molecule has 0 bridgehead atoms. The van der Waals surface area contributed by atoms with E-state index in [1.54, 1.807) is 23.1 Å². The van der Waals surface area contributed by atoms with Gasteiger partial charge in [-0.1, -0.05) is 30.7 Å². The molecule has 1 aliphatic heterocycles. The van der Waals surface area contributed by atoms with E-state index >= 15 is 0 Å². The molecule has 0 saturated carbocycles. The molecule has 180 valence electrons. The van der Waals surface area contributed by atoms with Gasteiger partial charge in [0.05, 0.1) is 24.3 Å². The smallest absolute Gasteiger partial charge is 0.269 e. The molecule has 2 heterocycles. The average Bonchev–Trinajstić information content (AvgIpc) is 3.37. The van der Waals surface area contributed by atoms with E-state index in [4.69, 9.17) is 21.1 Å². The second-order valence-corrected chi connectivity index (χ2v) is 11.7. The van der Waals surface area contributed by atoms with E-state index in [9.17, 15) is 18.3 Å². The highest BCUT2D eigenvalue weighted by Crippen LogP contribution is 2.40. The van der Waals surface area contributed by atoms with Gasteiger partial charge in [-0.15, -0.1) is 11.3 Å². The third-order valence-corrected chi connectivity index (χ3v) is 8.72. The summed E-state index contributed by atoms with van der Waals surface area (Å²) in [6, 6.07) is 14.6. The molecule has 0 aliphatic carbocycles. The van der Waals surface area contributed by atoms with Crippen LogP contribution in [0.2, 0.25) is 5.02 Å². The molecule has 1 aromatic heterocycles. The number of thiophene rings is 1. The van der Waals surface area contributed by atoms with Crippen molar-refractivity contribution in [2.75, 3.05) is 30.1 Å². The standard InChI is InChI=1S/C24H24ClNO6S2/c1-3-34(29,30)14-19(27)13-32-20-9-8-18(11-21(20)31-2)26-12-16-10-22(33-23(16)24(26)28)15-4-6-17(25)7-5-15/h4-11,19,27H,3,12-14H2,1-2H3. The van der Waals surface area contributed by atoms with Gasteiger partial charge < -0.3 is 19.5 Å². The Morgan fingerprint density at radius 3 is 2.53 bits per heavy atom. The molecule has 1 amide bonds. The lowest BCUT2D eigenvalue weighted by Gasteiger charge is -2.19. The molecule has 0 saturated heterocycles. The Hall–Kier alpha value is -2.59. The molecular formula is C24H24ClNO6S2. The van der Waals surface area contributed by atoms with Gasteiger partial charge in [-0.2, -0.15) is 0 Å². The summed E-state index contributed by atoms with van der Waals surface area (Å²) in [6.45, 7) is 1.78. The predicted molar refractivity (Wildman–Crippen MR) is 134 cm³/mol. The highest BCUT2D eigenvalue weighted by molar-refractivity contribution is 7.91. The second-order valence-electron chi connectivity index (χ2n) is 7.86. The van der Waals surface area contributed by atoms with Crippen LogP contribution in [-0.4, -0.2) is 50.8 Å². The Kier molecular flexibility index (Phi) is 7.18. The summed E-state index contributed by atoms with van der Waals surface area (Å²) in [6.07, 6.45) is -1.15. The van der Waals surface area contributed by atoms with Gasteiger partial charge in [0.15, 0.2) is 21.3 Å². The molecule has 0 radical (unpaired) electrons. The number of hydrogen-bond acceptors (Lipinski definition) is 7. The fraction of sp³-hybridized carbons (Fsp3) is 0.292. The van der Waals surface area contributed by atoms with Crippen molar-refractivity contribution in [3.05, 3.63) is 64.0 Å². The molecule has 0 fully saturated rings. The van der Waals surface area contributed by atoms with Crippen LogP contribution in [-0.2, 0) is 16.4 Å². The van der Waals surface area contributed by atoms with Gasteiger partial charge in [0, 0.05) is 27.4 Å². The number of fused-ring (bicyclic) bond motifs is 1. The summed E-state index contributed by atoms with van der Waals surface area (Å²) >= 11 is 7.42. The zero-order valence-corrected chi connectivity index (χ0v) is 21.0. The van der Waals surface area contributed by atoms with E-state index in [0.29, 0.717) is 33.6 Å². The van der Waals surface area contributed by atoms with Crippen LogP contribution >= 0.6 is 22.9 Å². The Bertz CT molecular complexity index is 1300. The minimum Gasteiger partial charge on any atom is -0.493 e. The molecule has 1 N–H and O–H groups in total. The number of aliphatic hydroxyl groups excluding tert-OH is 1. The molecule has 3 aromatic rings. The molecule has 34 heavy (non-hydrogen) atoms. The number of amides is 1. The van der Waals surface area contributed by atoms with Crippen LogP contribution in [0.5, 0.6) is 11.5 Å². The first-order valence-corrected chi connectivity index (χ1v) is 13.6. The predicted octanol–water partition coefficient (Wildman–Crippen LogP) is 4.41. The highest BCUT2D eigenvalue weighted by atomic mass is 35.5. The molecule has 1 unspecified atom stereocenters. The fourth-order valence-corrected chi connectivity index (χ4v) is 5.82. The van der Waals surface area contributed by atoms with Crippen molar-refractivity contribution in [1.29, 1.82) is 0 Å². The average molecular weight is 522 g/mol. The molecule has 7 nitrogen and oxygen atoms in total. The maximum atomic E-state index is 13.1. The molecule has 0 spiro atoms. The Morgan fingerprint density at radius 2 is 1.88 bits per heavy atom. The largest absolute Gasteiger partial charge is 0.493 e. The van der Waals surface area contributed by atoms with Crippen molar-refractivity contribution >= 4 is 44.4 Å². The van der Waals surface area contributed by atoms with Gasteiger partial charge in [0.2, 0.25) is 0 Å². The maximum absolute atomic E-state index is 13.1. The number of nitrogens with zero attached hydrogens (tertiary/aromatic N) is 1. The number of hydrogen-bond donors (Lipinski definition) is 1. The van der Waals surface area contributed by atoms with Crippen molar-refractivity contribution in [2.24, 2.45) is 0 Å². The number of anilines is 1. The van der Waals surface area contributed by atoms with E-state index in [1.807, 2.05) is 30.3 Å². The minimum absolute atomic E-state index is 0.0430. The van der Waals surface area contributed by atoms with Crippen LogP contribution in [0.25, 0.3) is 10.4 Å². The third-order valence-electron chi connectivity index (χ3n) is 5.48. The number of benzene rings is 2. The SMILES string of the molecule is CCS(=O)(=O)CC(O)COc1ccc(N2Cc3cc(-c4ccc(Cl)cc4)sc3C2=O)cc1OC. The lowest BCUT2D eigenvalue weighted by molar-refractivity contribution is 0.1000. The number of carbonyl (C=O) groups is 1. The van der Waals surface area contributed by atoms with Gasteiger partial charge in [-0.05, 0) is 41.5 Å². The normalized spacial score (nSPS) is 14.2. The number of aliphatic hydroxyl groups is 1. The number of halogens is 1. The maximum Gasteiger partial charge on any atom is 0.269 e. The van der Waals surface area contributed by atoms with Crippen molar-refractivity contribution in [3.8, 4) is 21.9 Å². The van der Waals surface area contributed by atoms with E-state index in [-0.39, 0.29) is 24.0 Å². The Labute approximate surface area is 207 Å². The zero-order valence-electron chi connectivity index (χ0n) is 18.7. The first-order chi connectivity index (χ1) is 16.2. The summed E-state index contributed by atoms with van der Waals surface area (Å²) < 4.78 is 34.3. The Balaban J connectivity index is 1.47. The van der Waals surface area contributed by atoms with Gasteiger partial charge in [-0.25, -0.2) is 8.42 Å². The van der Waals surface area contributed by atoms with E-state index in [0.717, 1.165) is 16.0 Å². The number of ether oxygens (including phenoxy) is 2. The minimum atomic E-state index is -3.32. The van der Waals surface area contributed by atoms with Crippen LogP contribution in [0.3, 0.4) is 0 Å². The van der Waals surface area contributed by atoms with Crippen LogP contribution in [0.4, 0.5) is 5.69 Å². The number of sulfone groups is 1. The van der Waals surface area contributed by atoms with Crippen molar-refractivity contribution in [1.82, 2.24) is 0 Å². The van der Waals surface area contributed by atoms with Gasteiger partial charge in [0.1, 0.15) is 12.7 Å². The number of carbonyl (C=O) groups excluding carboxylic acids is 1. The zero-order chi connectivity index (χ0) is 24.5. The van der Waals surface area contributed by atoms with E-state index in [1.165, 1.54) is 25.4 Å². The van der Waals surface area contributed by atoms with Crippen LogP contribution < -0.4 is 14.4 Å². The molecular weight excluding hydrogens is 498 g/mol. The summed E-state index contributed by atoms with van der Waals surface area (Å²) in [5.41, 5.74) is 2.62. The summed E-state index contributed by atoms with van der Waals surface area (Å²) in [5, 5.41) is 10.7. The lowest BCUT2D eigenvalue weighted by Crippen LogP contribution is -2.28. The second kappa shape index (κ2) is 9.95. The Morgan fingerprint density at radius 1 is 1.15 bits per heavy atom. The highest BCUT2D eigenvalue weighted by Gasteiger charge is 2.32. The quantitative estimate of drug-likeness (QED) is 0.448. The van der Waals surface area contributed by atoms with Crippen LogP contribution in [0.1, 0.15) is 22.2 Å². The molecule has 2 aromatic carbocycles. The lowest BCUT2D eigenvalue weighted by atomic mass is 10.1. The number of methoxy groups -OCH3 is 1. The monoisotopic (exact) mass is 521 g/mol. The first kappa shape index (κ1) is 24.5. The fourth-order valence-electron chi connectivity index (χ4n) is 3.65. The van der Waals surface area contributed by atoms with Crippen molar-refractivity contribution in [2.45, 2.75) is 19.6 Å². The molecule has 4 rings (SSSR count). The van der Waals surface area contributed by atoms with Gasteiger partial charge in [-0.3, -0.25) is 4.79 Å². The number of rotatable bonds is 9. The van der Waals surface area contributed by atoms with Crippen molar-refractivity contribution in [3.63, 3.8) is 0 Å². The van der Waals surface area contributed by atoms with Crippen LogP contribution in [0, 0.1) is 0 Å². The first-order valence-electron chi connectivity index (χ1n) is 10.6. The van der Waals surface area contributed by atoms with Gasteiger partial charge in [0.25, 0.3) is 5.91 Å². The molecule has 1 aliphatic rings. The van der Waals surface area contributed by atoms with Crippen molar-refractivity contribution < 1.29 is 27.8 Å². The summed E-state index contributed by atoms with van der Waals surface area (Å²) in [5.74, 6) is 0.236. The van der Waals surface area contributed by atoms with Gasteiger partial charge >= 0.3 is 0 Å². The van der Waals surface area contributed by atoms with Crippen LogP contribution in [0.15, 0.2) is 48.5 Å². The topological polar surface area (TPSA) is 93.1 Å². The molecule has 1 atom stereocenters. The summed E-state index contributed by atoms with van der Waals surface area (Å²) in [4.78, 5) is 16.5. The summed E-state index contributed by atoms with van der Waals surface area (Å²) in [7, 11) is -1.84. The van der Waals surface area contributed by atoms with E-state index in [2.05, 4.69) is 0 Å². The third kappa shape index (κ3) is 5.22.